The van der Waals surface area contributed by atoms with E-state index in [2.05, 4.69) is 0 Å². The van der Waals surface area contributed by atoms with Gasteiger partial charge in [0.25, 0.3) is 0 Å². The van der Waals surface area contributed by atoms with Gasteiger partial charge in [-0.25, -0.2) is 8.78 Å². The van der Waals surface area contributed by atoms with Gasteiger partial charge in [-0.2, -0.15) is 0 Å². The second-order valence-electron chi connectivity index (χ2n) is 4.12. The highest BCUT2D eigenvalue weighted by Crippen LogP contribution is 2.24. The van der Waals surface area contributed by atoms with Gasteiger partial charge in [-0.3, -0.25) is 0 Å². The molecule has 0 heterocycles. The molecule has 0 aliphatic rings. The molecule has 1 rings (SSSR count). The highest BCUT2D eigenvalue weighted by molar-refractivity contribution is 5.38. The molecule has 0 aliphatic heterocycles. The lowest BCUT2D eigenvalue weighted by molar-refractivity contribution is 0.0223. The Kier molecular flexibility index (Phi) is 2.93. The van der Waals surface area contributed by atoms with Gasteiger partial charge >= 0.3 is 0 Å². The Bertz CT molecular complexity index is 312. The van der Waals surface area contributed by atoms with E-state index in [1.54, 1.807) is 0 Å². The Morgan fingerprint density at radius 1 is 1.07 bits per heavy atom. The van der Waals surface area contributed by atoms with Crippen LogP contribution in [0.5, 0.6) is 0 Å². The molecule has 14 heavy (non-hydrogen) atoms. The molecule has 0 amide bonds. The molecule has 0 spiro atoms. The number of hydrogen-bond acceptors (Lipinski definition) is 0. The SMILES string of the molecule is Cc1cc(C)c(CC(C)(F)F)c(C)c1. The molecule has 0 saturated heterocycles. The molecule has 1 aromatic carbocycles. The molecule has 0 saturated carbocycles. The highest BCUT2D eigenvalue weighted by Gasteiger charge is 2.23. The van der Waals surface area contributed by atoms with Gasteiger partial charge in [0.2, 0.25) is 5.92 Å². The molecular weight excluding hydrogens is 182 g/mol. The molecule has 0 unspecified atom stereocenters. The zero-order valence-corrected chi connectivity index (χ0v) is 9.12. The van der Waals surface area contributed by atoms with Crippen molar-refractivity contribution in [2.75, 3.05) is 0 Å². The van der Waals surface area contributed by atoms with Crippen LogP contribution in [0.2, 0.25) is 0 Å². The maximum atomic E-state index is 12.9. The normalized spacial score (nSPS) is 11.9. The predicted molar refractivity (Wildman–Crippen MR) is 55.0 cm³/mol. The van der Waals surface area contributed by atoms with Gasteiger partial charge in [0.15, 0.2) is 0 Å². The second-order valence-corrected chi connectivity index (χ2v) is 4.12. The van der Waals surface area contributed by atoms with Crippen molar-refractivity contribution in [3.8, 4) is 0 Å². The Hall–Kier alpha value is -0.920. The van der Waals surface area contributed by atoms with Crippen molar-refractivity contribution in [3.63, 3.8) is 0 Å². The van der Waals surface area contributed by atoms with Crippen LogP contribution in [0.3, 0.4) is 0 Å². The third-order valence-corrected chi connectivity index (χ3v) is 2.33. The Balaban J connectivity index is 3.09. The average molecular weight is 198 g/mol. The monoisotopic (exact) mass is 198 g/mol. The maximum absolute atomic E-state index is 12.9. The van der Waals surface area contributed by atoms with Gasteiger partial charge < -0.3 is 0 Å². The molecule has 78 valence electrons. The first-order valence-electron chi connectivity index (χ1n) is 4.74. The number of rotatable bonds is 2. The van der Waals surface area contributed by atoms with Crippen molar-refractivity contribution < 1.29 is 8.78 Å². The Morgan fingerprint density at radius 3 is 1.86 bits per heavy atom. The minimum absolute atomic E-state index is 0.162. The van der Waals surface area contributed by atoms with Gasteiger partial charge in [0.1, 0.15) is 0 Å². The summed E-state index contributed by atoms with van der Waals surface area (Å²) in [7, 11) is 0. The van der Waals surface area contributed by atoms with Crippen molar-refractivity contribution in [2.45, 2.75) is 40.0 Å². The summed E-state index contributed by atoms with van der Waals surface area (Å²) in [6.45, 7) is 6.72. The molecule has 0 radical (unpaired) electrons. The largest absolute Gasteiger partial charge is 0.249 e. The second kappa shape index (κ2) is 3.68. The highest BCUT2D eigenvalue weighted by atomic mass is 19.3. The number of alkyl halides is 2. The van der Waals surface area contributed by atoms with E-state index in [1.165, 1.54) is 0 Å². The molecule has 1 aromatic rings. The van der Waals surface area contributed by atoms with Crippen LogP contribution in [0.15, 0.2) is 12.1 Å². The third-order valence-electron chi connectivity index (χ3n) is 2.33. The van der Waals surface area contributed by atoms with Crippen LogP contribution < -0.4 is 0 Å². The van der Waals surface area contributed by atoms with E-state index in [9.17, 15) is 8.78 Å². The van der Waals surface area contributed by atoms with E-state index >= 15 is 0 Å². The number of aryl methyl sites for hydroxylation is 3. The number of benzene rings is 1. The maximum Gasteiger partial charge on any atom is 0.249 e. The van der Waals surface area contributed by atoms with Gasteiger partial charge in [0.05, 0.1) is 0 Å². The van der Waals surface area contributed by atoms with E-state index in [4.69, 9.17) is 0 Å². The smallest absolute Gasteiger partial charge is 0.207 e. The minimum atomic E-state index is -2.62. The molecule has 0 aromatic heterocycles. The van der Waals surface area contributed by atoms with Crippen molar-refractivity contribution in [1.82, 2.24) is 0 Å². The summed E-state index contributed by atoms with van der Waals surface area (Å²) in [6, 6.07) is 3.90. The Labute approximate surface area is 84.0 Å². The lowest BCUT2D eigenvalue weighted by Crippen LogP contribution is -2.15. The summed E-state index contributed by atoms with van der Waals surface area (Å²) in [5, 5.41) is 0. The van der Waals surface area contributed by atoms with E-state index in [1.807, 2.05) is 32.9 Å². The molecule has 0 N–H and O–H groups in total. The first kappa shape index (κ1) is 11.2. The van der Waals surface area contributed by atoms with E-state index < -0.39 is 5.92 Å². The molecular formula is C12H16F2. The quantitative estimate of drug-likeness (QED) is 0.677. The molecule has 0 fully saturated rings. The van der Waals surface area contributed by atoms with Crippen molar-refractivity contribution in [1.29, 1.82) is 0 Å². The van der Waals surface area contributed by atoms with Crippen LogP contribution >= 0.6 is 0 Å². The molecule has 0 aliphatic carbocycles. The average Bonchev–Trinajstić information content (AvgIpc) is 1.95. The van der Waals surface area contributed by atoms with Gasteiger partial charge in [-0.15, -0.1) is 0 Å². The van der Waals surface area contributed by atoms with E-state index in [0.29, 0.717) is 0 Å². The summed E-state index contributed by atoms with van der Waals surface area (Å²) in [5.41, 5.74) is 3.83. The van der Waals surface area contributed by atoms with Crippen LogP contribution in [-0.2, 0) is 6.42 Å². The summed E-state index contributed by atoms with van der Waals surface area (Å²) < 4.78 is 25.7. The standard InChI is InChI=1S/C12H16F2/c1-8-5-9(2)11(10(3)6-8)7-12(4,13)14/h5-6H,7H2,1-4H3. The van der Waals surface area contributed by atoms with Crippen LogP contribution in [0.25, 0.3) is 0 Å². The van der Waals surface area contributed by atoms with Gasteiger partial charge in [-0.05, 0) is 44.4 Å². The third kappa shape index (κ3) is 2.79. The lowest BCUT2D eigenvalue weighted by atomic mass is 9.95. The van der Waals surface area contributed by atoms with Crippen molar-refractivity contribution in [3.05, 3.63) is 34.4 Å². The molecule has 0 atom stereocenters. The fraction of sp³-hybridized carbons (Fsp3) is 0.500. The topological polar surface area (TPSA) is 0 Å². The van der Waals surface area contributed by atoms with Gasteiger partial charge in [-0.1, -0.05) is 17.7 Å². The summed E-state index contributed by atoms with van der Waals surface area (Å²) >= 11 is 0. The summed E-state index contributed by atoms with van der Waals surface area (Å²) in [4.78, 5) is 0. The van der Waals surface area contributed by atoms with Crippen LogP contribution in [0.4, 0.5) is 8.78 Å². The predicted octanol–water partition coefficient (Wildman–Crippen LogP) is 3.81. The number of halogens is 2. The zero-order chi connectivity index (χ0) is 10.9. The number of hydrogen-bond donors (Lipinski definition) is 0. The first-order valence-corrected chi connectivity index (χ1v) is 4.74. The van der Waals surface area contributed by atoms with E-state index in [0.717, 1.165) is 29.2 Å². The van der Waals surface area contributed by atoms with Crippen LogP contribution in [-0.4, -0.2) is 5.92 Å². The molecule has 0 nitrogen and oxygen atoms in total. The van der Waals surface area contributed by atoms with Crippen molar-refractivity contribution in [2.24, 2.45) is 0 Å². The molecule has 2 heteroatoms. The first-order chi connectivity index (χ1) is 6.29. The van der Waals surface area contributed by atoms with E-state index in [-0.39, 0.29) is 6.42 Å². The van der Waals surface area contributed by atoms with Crippen LogP contribution in [0.1, 0.15) is 29.2 Å². The van der Waals surface area contributed by atoms with Crippen LogP contribution in [0, 0.1) is 20.8 Å². The molecule has 0 bridgehead atoms. The zero-order valence-electron chi connectivity index (χ0n) is 9.12. The lowest BCUT2D eigenvalue weighted by Gasteiger charge is -2.15. The van der Waals surface area contributed by atoms with Crippen molar-refractivity contribution >= 4 is 0 Å². The summed E-state index contributed by atoms with van der Waals surface area (Å²) in [5.74, 6) is -2.62. The minimum Gasteiger partial charge on any atom is -0.207 e. The fourth-order valence-corrected chi connectivity index (χ4v) is 1.80. The van der Waals surface area contributed by atoms with Gasteiger partial charge in [0, 0.05) is 6.42 Å². The fourth-order valence-electron chi connectivity index (χ4n) is 1.80. The summed E-state index contributed by atoms with van der Waals surface area (Å²) in [6.07, 6.45) is -0.162. The Morgan fingerprint density at radius 2 is 1.50 bits per heavy atom.